The third-order valence-electron chi connectivity index (χ3n) is 3.17. The Labute approximate surface area is 111 Å². The second kappa shape index (κ2) is 4.84. The van der Waals surface area contributed by atoms with E-state index in [0.717, 1.165) is 11.1 Å². The number of anilines is 1. The van der Waals surface area contributed by atoms with Crippen LogP contribution in [0.1, 0.15) is 27.9 Å². The van der Waals surface area contributed by atoms with Crippen LogP contribution in [0.2, 0.25) is 0 Å². The third kappa shape index (κ3) is 2.23. The van der Waals surface area contributed by atoms with Crippen molar-refractivity contribution in [3.05, 3.63) is 28.8 Å². The van der Waals surface area contributed by atoms with E-state index in [1.165, 1.54) is 12.0 Å². The van der Waals surface area contributed by atoms with Crippen LogP contribution in [0.3, 0.4) is 0 Å². The molecule has 0 aromatic heterocycles. The fourth-order valence-electron chi connectivity index (χ4n) is 2.35. The molecule has 1 aliphatic rings. The maximum Gasteiger partial charge on any atom is 0.307 e. The summed E-state index contributed by atoms with van der Waals surface area (Å²) in [7, 11) is 1.29. The van der Waals surface area contributed by atoms with Gasteiger partial charge < -0.3 is 9.64 Å². The summed E-state index contributed by atoms with van der Waals surface area (Å²) in [5.41, 5.74) is 2.84. The lowest BCUT2D eigenvalue weighted by atomic mass is 10.0. The Morgan fingerprint density at radius 2 is 1.95 bits per heavy atom. The van der Waals surface area contributed by atoms with E-state index in [-0.39, 0.29) is 13.0 Å². The Morgan fingerprint density at radius 1 is 1.26 bits per heavy atom. The number of rotatable bonds is 3. The van der Waals surface area contributed by atoms with Crippen molar-refractivity contribution < 1.29 is 19.1 Å². The highest BCUT2D eigenvalue weighted by Crippen LogP contribution is 2.33. The molecule has 100 valence electrons. The van der Waals surface area contributed by atoms with Crippen LogP contribution in [0, 0.1) is 13.8 Å². The number of carbonyl (C=O) groups is 3. The summed E-state index contributed by atoms with van der Waals surface area (Å²) in [4.78, 5) is 36.4. The fraction of sp³-hybridized carbons (Fsp3) is 0.357. The van der Waals surface area contributed by atoms with Gasteiger partial charge in [-0.25, -0.2) is 0 Å². The summed E-state index contributed by atoms with van der Waals surface area (Å²) >= 11 is 0. The lowest BCUT2D eigenvalue weighted by Crippen LogP contribution is -2.32. The smallest absolute Gasteiger partial charge is 0.307 e. The van der Waals surface area contributed by atoms with E-state index in [2.05, 4.69) is 4.74 Å². The Bertz CT molecular complexity index is 577. The van der Waals surface area contributed by atoms with Gasteiger partial charge in [-0.1, -0.05) is 6.07 Å². The number of fused-ring (bicyclic) bond motifs is 1. The zero-order chi connectivity index (χ0) is 14.2. The number of aryl methyl sites for hydroxylation is 2. The molecule has 0 saturated carbocycles. The number of ether oxygens (including phenoxy) is 1. The number of esters is 1. The predicted molar refractivity (Wildman–Crippen MR) is 69.2 cm³/mol. The number of methoxy groups -OCH3 is 1. The molecule has 0 N–H and O–H groups in total. The zero-order valence-electron chi connectivity index (χ0n) is 11.1. The molecule has 1 aliphatic heterocycles. The number of hydrogen-bond acceptors (Lipinski definition) is 4. The maximum atomic E-state index is 12.0. The van der Waals surface area contributed by atoms with Gasteiger partial charge in [-0.2, -0.15) is 0 Å². The molecule has 0 saturated heterocycles. The average molecular weight is 261 g/mol. The van der Waals surface area contributed by atoms with Crippen molar-refractivity contribution in [2.45, 2.75) is 20.3 Å². The molecule has 1 heterocycles. The molecule has 1 aromatic rings. The highest BCUT2D eigenvalue weighted by Gasteiger charge is 2.37. The molecule has 0 fully saturated rings. The zero-order valence-corrected chi connectivity index (χ0v) is 11.1. The van der Waals surface area contributed by atoms with E-state index >= 15 is 0 Å². The lowest BCUT2D eigenvalue weighted by Gasteiger charge is -2.18. The van der Waals surface area contributed by atoms with Crippen LogP contribution in [-0.4, -0.2) is 31.3 Å². The fourth-order valence-corrected chi connectivity index (χ4v) is 2.35. The second-order valence-corrected chi connectivity index (χ2v) is 4.59. The minimum Gasteiger partial charge on any atom is -0.469 e. The van der Waals surface area contributed by atoms with Crippen LogP contribution < -0.4 is 4.90 Å². The first kappa shape index (κ1) is 13.3. The van der Waals surface area contributed by atoms with Crippen molar-refractivity contribution in [2.75, 3.05) is 18.6 Å². The number of carbonyl (C=O) groups excluding carboxylic acids is 3. The number of ketones is 1. The number of hydrogen-bond donors (Lipinski definition) is 0. The van der Waals surface area contributed by atoms with Gasteiger partial charge in [0.15, 0.2) is 0 Å². The van der Waals surface area contributed by atoms with Gasteiger partial charge in [0.1, 0.15) is 0 Å². The topological polar surface area (TPSA) is 63.7 Å². The molecule has 0 bridgehead atoms. The van der Waals surface area contributed by atoms with E-state index in [0.29, 0.717) is 11.3 Å². The van der Waals surface area contributed by atoms with E-state index in [9.17, 15) is 14.4 Å². The van der Waals surface area contributed by atoms with Gasteiger partial charge in [0, 0.05) is 6.54 Å². The molecule has 19 heavy (non-hydrogen) atoms. The molecule has 0 radical (unpaired) electrons. The second-order valence-electron chi connectivity index (χ2n) is 4.59. The quantitative estimate of drug-likeness (QED) is 0.609. The van der Waals surface area contributed by atoms with E-state index in [1.807, 2.05) is 19.9 Å². The van der Waals surface area contributed by atoms with Gasteiger partial charge in [0.2, 0.25) is 0 Å². The van der Waals surface area contributed by atoms with Crippen molar-refractivity contribution in [1.82, 2.24) is 0 Å². The predicted octanol–water partition coefficient (Wildman–Crippen LogP) is 1.40. The lowest BCUT2D eigenvalue weighted by molar-refractivity contribution is -0.140. The number of Topliss-reactive ketones (excluding diaryl/α,β-unsaturated/α-hetero) is 1. The molecule has 0 aliphatic carbocycles. The monoisotopic (exact) mass is 261 g/mol. The first-order chi connectivity index (χ1) is 8.95. The largest absolute Gasteiger partial charge is 0.469 e. The average Bonchev–Trinajstić information content (AvgIpc) is 2.60. The van der Waals surface area contributed by atoms with Crippen LogP contribution in [-0.2, 0) is 14.3 Å². The maximum absolute atomic E-state index is 12.0. The molecule has 5 nitrogen and oxygen atoms in total. The standard InChI is InChI=1S/C14H15NO4/c1-8-6-9(2)12-10(7-8)13(17)14(18)15(12)5-4-11(16)19-3/h6-7H,4-5H2,1-3H3. The van der Waals surface area contributed by atoms with Crippen LogP contribution in [0.15, 0.2) is 12.1 Å². The van der Waals surface area contributed by atoms with Gasteiger partial charge in [-0.3, -0.25) is 14.4 Å². The van der Waals surface area contributed by atoms with Crippen LogP contribution in [0.5, 0.6) is 0 Å². The van der Waals surface area contributed by atoms with Crippen molar-refractivity contribution in [3.63, 3.8) is 0 Å². The van der Waals surface area contributed by atoms with Crippen LogP contribution in [0.25, 0.3) is 0 Å². The minimum absolute atomic E-state index is 0.0717. The van der Waals surface area contributed by atoms with Gasteiger partial charge in [-0.05, 0) is 31.0 Å². The molecule has 2 rings (SSSR count). The van der Waals surface area contributed by atoms with Gasteiger partial charge >= 0.3 is 5.97 Å². The van der Waals surface area contributed by atoms with E-state index in [1.54, 1.807) is 6.07 Å². The van der Waals surface area contributed by atoms with Crippen molar-refractivity contribution in [2.24, 2.45) is 0 Å². The first-order valence-corrected chi connectivity index (χ1v) is 6.00. The van der Waals surface area contributed by atoms with Crippen molar-refractivity contribution in [3.8, 4) is 0 Å². The normalized spacial score (nSPS) is 13.7. The highest BCUT2D eigenvalue weighted by atomic mass is 16.5. The first-order valence-electron chi connectivity index (χ1n) is 6.00. The SMILES string of the molecule is COC(=O)CCN1C(=O)C(=O)c2cc(C)cc(C)c21. The van der Waals surface area contributed by atoms with E-state index in [4.69, 9.17) is 0 Å². The van der Waals surface area contributed by atoms with Crippen molar-refractivity contribution >= 4 is 23.3 Å². The number of amides is 1. The highest BCUT2D eigenvalue weighted by molar-refractivity contribution is 6.52. The summed E-state index contributed by atoms with van der Waals surface area (Å²) < 4.78 is 4.55. The molecule has 5 heteroatoms. The molecule has 0 atom stereocenters. The Kier molecular flexibility index (Phi) is 3.38. The van der Waals surface area contributed by atoms with Gasteiger partial charge in [0.05, 0.1) is 24.8 Å². The van der Waals surface area contributed by atoms with E-state index < -0.39 is 17.7 Å². The summed E-state index contributed by atoms with van der Waals surface area (Å²) in [5.74, 6) is -1.49. The van der Waals surface area contributed by atoms with Gasteiger partial charge in [-0.15, -0.1) is 0 Å². The minimum atomic E-state index is -0.576. The summed E-state index contributed by atoms with van der Waals surface area (Å²) in [6, 6.07) is 3.62. The molecule has 0 spiro atoms. The van der Waals surface area contributed by atoms with Crippen LogP contribution >= 0.6 is 0 Å². The van der Waals surface area contributed by atoms with Crippen molar-refractivity contribution in [1.29, 1.82) is 0 Å². The summed E-state index contributed by atoms with van der Waals surface area (Å²) in [6.07, 6.45) is 0.0717. The molecule has 1 amide bonds. The van der Waals surface area contributed by atoms with Gasteiger partial charge in [0.25, 0.3) is 11.7 Å². The number of nitrogens with zero attached hydrogens (tertiary/aromatic N) is 1. The summed E-state index contributed by atoms with van der Waals surface area (Å²) in [6.45, 7) is 3.89. The third-order valence-corrected chi connectivity index (χ3v) is 3.17. The molecule has 0 unspecified atom stereocenters. The Balaban J connectivity index is 2.36. The summed E-state index contributed by atoms with van der Waals surface area (Å²) in [5, 5.41) is 0. The molecule has 1 aromatic carbocycles. The number of benzene rings is 1. The Hall–Kier alpha value is -2.17. The Morgan fingerprint density at radius 3 is 2.58 bits per heavy atom. The molecular weight excluding hydrogens is 246 g/mol. The molecular formula is C14H15NO4. The van der Waals surface area contributed by atoms with Crippen LogP contribution in [0.4, 0.5) is 5.69 Å².